The Kier molecular flexibility index (Phi) is 2.90. The molecule has 68 valence electrons. The molecular weight excluding hydrogens is 152 g/mol. The van der Waals surface area contributed by atoms with Crippen LogP contribution in [0.4, 0.5) is 0 Å². The van der Waals surface area contributed by atoms with Crippen LogP contribution in [0.15, 0.2) is 11.3 Å². The van der Waals surface area contributed by atoms with Crippen LogP contribution in [0.25, 0.3) is 0 Å². The first-order valence-corrected chi connectivity index (χ1v) is 4.55. The minimum atomic E-state index is 0.272. The molecule has 0 aromatic heterocycles. The average Bonchev–Trinajstić information content (AvgIpc) is 2.32. The molecule has 0 aromatic rings. The normalized spacial score (nSPS) is 17.8. The van der Waals surface area contributed by atoms with Gasteiger partial charge in [-0.3, -0.25) is 4.79 Å². The third kappa shape index (κ3) is 1.68. The fourth-order valence-corrected chi connectivity index (χ4v) is 1.62. The van der Waals surface area contributed by atoms with E-state index in [1.807, 2.05) is 20.8 Å². The van der Waals surface area contributed by atoms with Crippen molar-refractivity contribution < 1.29 is 9.53 Å². The third-order valence-corrected chi connectivity index (χ3v) is 2.08. The lowest BCUT2D eigenvalue weighted by atomic mass is 10.0. The molecule has 0 unspecified atom stereocenters. The quantitative estimate of drug-likeness (QED) is 0.646. The molecule has 1 rings (SSSR count). The van der Waals surface area contributed by atoms with Crippen molar-refractivity contribution >= 4 is 5.78 Å². The number of allylic oxidation sites excluding steroid dienone is 2. The van der Waals surface area contributed by atoms with Crippen molar-refractivity contribution in [3.05, 3.63) is 11.3 Å². The highest BCUT2D eigenvalue weighted by Gasteiger charge is 2.25. The minimum absolute atomic E-state index is 0.272. The molecule has 2 heteroatoms. The summed E-state index contributed by atoms with van der Waals surface area (Å²) < 4.78 is 5.41. The number of hydrogen-bond acceptors (Lipinski definition) is 2. The Morgan fingerprint density at radius 1 is 1.42 bits per heavy atom. The van der Waals surface area contributed by atoms with E-state index < -0.39 is 0 Å². The van der Waals surface area contributed by atoms with Crippen molar-refractivity contribution in [3.8, 4) is 0 Å². The molecule has 0 radical (unpaired) electrons. The van der Waals surface area contributed by atoms with Gasteiger partial charge in [-0.05, 0) is 12.8 Å². The molecule has 1 aliphatic rings. The smallest absolute Gasteiger partial charge is 0.162 e. The van der Waals surface area contributed by atoms with Gasteiger partial charge in [0.15, 0.2) is 5.78 Å². The van der Waals surface area contributed by atoms with E-state index in [0.717, 1.165) is 17.8 Å². The number of hydrogen-bond donors (Lipinski definition) is 0. The van der Waals surface area contributed by atoms with Crippen LogP contribution in [0.1, 0.15) is 33.6 Å². The maximum absolute atomic E-state index is 11.4. The Morgan fingerprint density at radius 3 is 2.58 bits per heavy atom. The summed E-state index contributed by atoms with van der Waals surface area (Å²) in [7, 11) is 0. The van der Waals surface area contributed by atoms with Crippen molar-refractivity contribution in [3.63, 3.8) is 0 Å². The van der Waals surface area contributed by atoms with Gasteiger partial charge in [0, 0.05) is 18.4 Å². The van der Waals surface area contributed by atoms with Crippen LogP contribution in [-0.4, -0.2) is 12.4 Å². The zero-order chi connectivity index (χ0) is 9.14. The van der Waals surface area contributed by atoms with Gasteiger partial charge in [-0.25, -0.2) is 0 Å². The van der Waals surface area contributed by atoms with Crippen molar-refractivity contribution in [1.82, 2.24) is 0 Å². The molecule has 0 amide bonds. The Labute approximate surface area is 73.6 Å². The molecule has 0 saturated heterocycles. The lowest BCUT2D eigenvalue weighted by Gasteiger charge is -2.09. The van der Waals surface area contributed by atoms with Crippen LogP contribution in [-0.2, 0) is 9.53 Å². The highest BCUT2D eigenvalue weighted by atomic mass is 16.5. The van der Waals surface area contributed by atoms with Gasteiger partial charge in [-0.1, -0.05) is 13.8 Å². The molecule has 0 saturated carbocycles. The first-order valence-electron chi connectivity index (χ1n) is 4.55. The monoisotopic (exact) mass is 168 g/mol. The minimum Gasteiger partial charge on any atom is -0.498 e. The second kappa shape index (κ2) is 3.74. The number of Topliss-reactive ketones (excluding diaryl/α,β-unsaturated/α-hetero) is 1. The van der Waals surface area contributed by atoms with E-state index in [9.17, 15) is 4.79 Å². The molecule has 0 aromatic carbocycles. The van der Waals surface area contributed by atoms with Crippen molar-refractivity contribution in [2.75, 3.05) is 6.61 Å². The van der Waals surface area contributed by atoms with Gasteiger partial charge in [0.05, 0.1) is 6.61 Å². The van der Waals surface area contributed by atoms with Crippen molar-refractivity contribution in [2.24, 2.45) is 5.92 Å². The lowest BCUT2D eigenvalue weighted by molar-refractivity contribution is -0.115. The number of carbonyl (C=O) groups is 1. The third-order valence-electron chi connectivity index (χ3n) is 2.08. The topological polar surface area (TPSA) is 26.3 Å². The Morgan fingerprint density at radius 2 is 2.08 bits per heavy atom. The fraction of sp³-hybridized carbons (Fsp3) is 0.700. The predicted octanol–water partition coefficient (Wildman–Crippen LogP) is 2.30. The number of ether oxygens (including phenoxy) is 1. The van der Waals surface area contributed by atoms with E-state index in [1.165, 1.54) is 0 Å². The Balaban J connectivity index is 2.82. The summed E-state index contributed by atoms with van der Waals surface area (Å²) in [6.07, 6.45) is 1.45. The van der Waals surface area contributed by atoms with Gasteiger partial charge in [0.1, 0.15) is 5.76 Å². The van der Waals surface area contributed by atoms with Gasteiger partial charge >= 0.3 is 0 Å². The zero-order valence-corrected chi connectivity index (χ0v) is 8.02. The first-order chi connectivity index (χ1) is 5.66. The summed E-state index contributed by atoms with van der Waals surface area (Å²) in [5, 5.41) is 0. The number of rotatable bonds is 3. The van der Waals surface area contributed by atoms with E-state index in [1.54, 1.807) is 0 Å². The zero-order valence-electron chi connectivity index (χ0n) is 8.02. The highest BCUT2D eigenvalue weighted by molar-refractivity contribution is 5.98. The largest absolute Gasteiger partial charge is 0.498 e. The van der Waals surface area contributed by atoms with E-state index in [2.05, 4.69) is 0 Å². The second-order valence-electron chi connectivity index (χ2n) is 3.35. The van der Waals surface area contributed by atoms with Crippen LogP contribution in [0.3, 0.4) is 0 Å². The molecule has 0 aliphatic heterocycles. The van der Waals surface area contributed by atoms with Gasteiger partial charge in [-0.15, -0.1) is 0 Å². The number of ketones is 1. The molecule has 0 heterocycles. The van der Waals surface area contributed by atoms with Crippen LogP contribution in [0.5, 0.6) is 0 Å². The second-order valence-corrected chi connectivity index (χ2v) is 3.35. The molecule has 2 nitrogen and oxygen atoms in total. The maximum atomic E-state index is 11.4. The van der Waals surface area contributed by atoms with Crippen LogP contribution >= 0.6 is 0 Å². The van der Waals surface area contributed by atoms with E-state index in [-0.39, 0.29) is 5.78 Å². The van der Waals surface area contributed by atoms with Crippen LogP contribution in [0.2, 0.25) is 0 Å². The van der Waals surface area contributed by atoms with Gasteiger partial charge in [0.25, 0.3) is 0 Å². The Hall–Kier alpha value is -0.790. The van der Waals surface area contributed by atoms with Crippen molar-refractivity contribution in [2.45, 2.75) is 33.6 Å². The first kappa shape index (κ1) is 9.30. The average molecular weight is 168 g/mol. The van der Waals surface area contributed by atoms with Crippen LogP contribution in [0, 0.1) is 5.92 Å². The highest BCUT2D eigenvalue weighted by Crippen LogP contribution is 2.28. The van der Waals surface area contributed by atoms with Gasteiger partial charge < -0.3 is 4.74 Å². The summed E-state index contributed by atoms with van der Waals surface area (Å²) in [4.78, 5) is 11.4. The Bertz CT molecular complexity index is 214. The van der Waals surface area contributed by atoms with Crippen molar-refractivity contribution in [1.29, 1.82) is 0 Å². The van der Waals surface area contributed by atoms with E-state index in [4.69, 9.17) is 4.74 Å². The molecule has 0 spiro atoms. The van der Waals surface area contributed by atoms with E-state index in [0.29, 0.717) is 18.9 Å². The van der Waals surface area contributed by atoms with Crippen LogP contribution < -0.4 is 0 Å². The fourth-order valence-electron chi connectivity index (χ4n) is 1.62. The predicted molar refractivity (Wildman–Crippen MR) is 47.7 cm³/mol. The molecule has 12 heavy (non-hydrogen) atoms. The molecule has 0 N–H and O–H groups in total. The molecular formula is C10H16O2. The summed E-state index contributed by atoms with van der Waals surface area (Å²) in [5.41, 5.74) is 0.914. The SMILES string of the molecule is CCOC1=C(C(C)C)C(=O)CC1. The summed E-state index contributed by atoms with van der Waals surface area (Å²) in [6, 6.07) is 0. The molecule has 0 fully saturated rings. The molecule has 0 bridgehead atoms. The van der Waals surface area contributed by atoms with E-state index >= 15 is 0 Å². The van der Waals surface area contributed by atoms with Gasteiger partial charge in [0.2, 0.25) is 0 Å². The molecule has 1 aliphatic carbocycles. The van der Waals surface area contributed by atoms with Gasteiger partial charge in [-0.2, -0.15) is 0 Å². The number of carbonyl (C=O) groups excluding carboxylic acids is 1. The summed E-state index contributed by atoms with van der Waals surface area (Å²) >= 11 is 0. The molecule has 0 atom stereocenters. The summed E-state index contributed by atoms with van der Waals surface area (Å²) in [6.45, 7) is 6.70. The maximum Gasteiger partial charge on any atom is 0.162 e. The standard InChI is InChI=1S/C10H16O2/c1-4-12-9-6-5-8(11)10(9)7(2)3/h7H,4-6H2,1-3H3. The lowest BCUT2D eigenvalue weighted by Crippen LogP contribution is -2.04. The summed E-state index contributed by atoms with van der Waals surface area (Å²) in [5.74, 6) is 1.51.